The van der Waals surface area contributed by atoms with Gasteiger partial charge in [0, 0.05) is 37.5 Å². The van der Waals surface area contributed by atoms with E-state index in [2.05, 4.69) is 4.98 Å². The Balaban J connectivity index is 1.49. The molecule has 3 heterocycles. The molecule has 7 heteroatoms. The average molecular weight is 397 g/mol. The number of methoxy groups -OCH3 is 1. The second kappa shape index (κ2) is 7.63. The summed E-state index contributed by atoms with van der Waals surface area (Å²) in [5.74, 6) is 0.403. The minimum atomic E-state index is -0.452. The molecule has 7 nitrogen and oxygen atoms in total. The van der Waals surface area contributed by atoms with Gasteiger partial charge in [0.25, 0.3) is 5.91 Å². The third-order valence-corrected chi connectivity index (χ3v) is 6.02. The molecule has 0 N–H and O–H groups in total. The molecule has 154 valence electrons. The van der Waals surface area contributed by atoms with Gasteiger partial charge < -0.3 is 19.3 Å². The Labute approximate surface area is 170 Å². The van der Waals surface area contributed by atoms with Gasteiger partial charge in [-0.1, -0.05) is 12.1 Å². The number of nitrogens with zero attached hydrogens (tertiary/aromatic N) is 3. The number of hydrogen-bond acceptors (Lipinski definition) is 6. The second-order valence-corrected chi connectivity index (χ2v) is 8.29. The number of carbonyl (C=O) groups is 2. The highest BCUT2D eigenvalue weighted by molar-refractivity contribution is 5.97. The molecule has 2 fully saturated rings. The lowest BCUT2D eigenvalue weighted by Gasteiger charge is -2.36. The Hall–Kier alpha value is -2.67. The van der Waals surface area contributed by atoms with Gasteiger partial charge in [0.2, 0.25) is 0 Å². The summed E-state index contributed by atoms with van der Waals surface area (Å²) in [5, 5.41) is 0.879. The molecular weight excluding hydrogens is 370 g/mol. The summed E-state index contributed by atoms with van der Waals surface area (Å²) in [5.41, 5.74) is 0.650. The molecule has 29 heavy (non-hydrogen) atoms. The number of benzene rings is 1. The minimum Gasteiger partial charge on any atom is -0.496 e. The van der Waals surface area contributed by atoms with Crippen molar-refractivity contribution < 1.29 is 19.1 Å². The van der Waals surface area contributed by atoms with Gasteiger partial charge in [-0.2, -0.15) is 0 Å². The first-order valence-corrected chi connectivity index (χ1v) is 10.0. The Kier molecular flexibility index (Phi) is 5.17. The molecule has 1 aromatic heterocycles. The fourth-order valence-electron chi connectivity index (χ4n) is 4.48. The Morgan fingerprint density at radius 2 is 2.03 bits per heavy atom. The van der Waals surface area contributed by atoms with Gasteiger partial charge >= 0.3 is 5.97 Å². The fraction of sp³-hybridized carbons (Fsp3) is 0.500. The quantitative estimate of drug-likeness (QED) is 0.738. The van der Waals surface area contributed by atoms with E-state index in [9.17, 15) is 9.59 Å². The van der Waals surface area contributed by atoms with Crippen molar-refractivity contribution in [1.82, 2.24) is 14.8 Å². The van der Waals surface area contributed by atoms with Crippen molar-refractivity contribution >= 4 is 22.8 Å². The van der Waals surface area contributed by atoms with Crippen LogP contribution in [0.5, 0.6) is 5.75 Å². The monoisotopic (exact) mass is 397 g/mol. The predicted octanol–water partition coefficient (Wildman–Crippen LogP) is 2.34. The Bertz CT molecular complexity index is 935. The van der Waals surface area contributed by atoms with E-state index in [-0.39, 0.29) is 18.0 Å². The second-order valence-electron chi connectivity index (χ2n) is 8.29. The lowest BCUT2D eigenvalue weighted by molar-refractivity contribution is -0.150. The van der Waals surface area contributed by atoms with Gasteiger partial charge in [-0.15, -0.1) is 0 Å². The summed E-state index contributed by atoms with van der Waals surface area (Å²) in [7, 11) is 5.55. The third kappa shape index (κ3) is 3.67. The molecule has 0 saturated carbocycles. The third-order valence-electron chi connectivity index (χ3n) is 6.02. The van der Waals surface area contributed by atoms with Gasteiger partial charge in [0.15, 0.2) is 0 Å². The van der Waals surface area contributed by atoms with Crippen LogP contribution in [0.15, 0.2) is 30.3 Å². The number of amides is 1. The molecule has 2 saturated heterocycles. The highest BCUT2D eigenvalue weighted by atomic mass is 16.6. The summed E-state index contributed by atoms with van der Waals surface area (Å²) in [6, 6.07) is 9.31. The highest BCUT2D eigenvalue weighted by Gasteiger charge is 2.50. The van der Waals surface area contributed by atoms with Crippen LogP contribution in [0.4, 0.5) is 0 Å². The topological polar surface area (TPSA) is 72.0 Å². The van der Waals surface area contributed by atoms with Crippen LogP contribution in [0, 0.1) is 5.41 Å². The van der Waals surface area contributed by atoms with E-state index in [1.54, 1.807) is 18.1 Å². The number of rotatable bonds is 4. The number of fused-ring (bicyclic) bond motifs is 1. The van der Waals surface area contributed by atoms with Gasteiger partial charge in [-0.25, -0.2) is 4.98 Å². The lowest BCUT2D eigenvalue weighted by Crippen LogP contribution is -2.45. The molecule has 1 amide bonds. The zero-order valence-corrected chi connectivity index (χ0v) is 17.2. The van der Waals surface area contributed by atoms with E-state index in [4.69, 9.17) is 9.47 Å². The van der Waals surface area contributed by atoms with Gasteiger partial charge in [-0.3, -0.25) is 9.59 Å². The normalized spacial score (nSPS) is 21.0. The van der Waals surface area contributed by atoms with Crippen LogP contribution in [0.1, 0.15) is 29.8 Å². The summed E-state index contributed by atoms with van der Waals surface area (Å²) in [4.78, 5) is 34.0. The minimum absolute atomic E-state index is 0.0637. The molecule has 1 unspecified atom stereocenters. The summed E-state index contributed by atoms with van der Waals surface area (Å²) >= 11 is 0. The first-order chi connectivity index (χ1) is 13.9. The number of likely N-dealkylation sites (N-methyl/N-ethyl adjacent to an activating group) is 1. The SMILES string of the molecule is COc1cc(C(=O)N2CCC3(CC2)CC(CN(C)C)OC3=O)nc2ccccc12. The Morgan fingerprint density at radius 1 is 1.31 bits per heavy atom. The van der Waals surface area contributed by atoms with Crippen LogP contribution in [-0.2, 0) is 9.53 Å². The number of hydrogen-bond donors (Lipinski definition) is 0. The van der Waals surface area contributed by atoms with Crippen LogP contribution >= 0.6 is 0 Å². The molecule has 0 radical (unpaired) electrons. The van der Waals surface area contributed by atoms with Crippen molar-refractivity contribution in [3.05, 3.63) is 36.0 Å². The van der Waals surface area contributed by atoms with Crippen LogP contribution in [-0.4, -0.2) is 73.6 Å². The van der Waals surface area contributed by atoms with Gasteiger partial charge in [0.05, 0.1) is 18.0 Å². The van der Waals surface area contributed by atoms with Crippen LogP contribution in [0.3, 0.4) is 0 Å². The highest BCUT2D eigenvalue weighted by Crippen LogP contribution is 2.43. The largest absolute Gasteiger partial charge is 0.496 e. The molecule has 4 rings (SSSR count). The number of likely N-dealkylation sites (tertiary alicyclic amines) is 1. The zero-order chi connectivity index (χ0) is 20.6. The number of esters is 1. The molecule has 1 atom stereocenters. The zero-order valence-electron chi connectivity index (χ0n) is 17.2. The Morgan fingerprint density at radius 3 is 2.72 bits per heavy atom. The number of aromatic nitrogens is 1. The maximum Gasteiger partial charge on any atom is 0.312 e. The number of cyclic esters (lactones) is 1. The van der Waals surface area contributed by atoms with E-state index in [1.165, 1.54) is 0 Å². The first kappa shape index (κ1) is 19.6. The van der Waals surface area contributed by atoms with E-state index < -0.39 is 5.41 Å². The smallest absolute Gasteiger partial charge is 0.312 e. The van der Waals surface area contributed by atoms with Gasteiger partial charge in [-0.05, 0) is 39.1 Å². The lowest BCUT2D eigenvalue weighted by atomic mass is 9.76. The van der Waals surface area contributed by atoms with Crippen LogP contribution in [0.2, 0.25) is 0 Å². The van der Waals surface area contributed by atoms with E-state index in [0.717, 1.165) is 23.9 Å². The van der Waals surface area contributed by atoms with Crippen molar-refractivity contribution in [3.8, 4) is 5.75 Å². The molecule has 1 aromatic carbocycles. The van der Waals surface area contributed by atoms with Crippen molar-refractivity contribution in [3.63, 3.8) is 0 Å². The van der Waals surface area contributed by atoms with Crippen molar-refractivity contribution in [2.45, 2.75) is 25.4 Å². The first-order valence-electron chi connectivity index (χ1n) is 10.0. The summed E-state index contributed by atoms with van der Waals surface area (Å²) in [6.45, 7) is 1.79. The predicted molar refractivity (Wildman–Crippen MR) is 109 cm³/mol. The maximum absolute atomic E-state index is 13.1. The molecule has 2 aliphatic rings. The molecule has 2 aromatic rings. The fourth-order valence-corrected chi connectivity index (χ4v) is 4.48. The molecule has 0 bridgehead atoms. The molecule has 2 aliphatic heterocycles. The summed E-state index contributed by atoms with van der Waals surface area (Å²) in [6.07, 6.45) is 1.93. The van der Waals surface area contributed by atoms with E-state index in [0.29, 0.717) is 37.4 Å². The van der Waals surface area contributed by atoms with Crippen LogP contribution in [0.25, 0.3) is 10.9 Å². The molecular formula is C22H27N3O4. The number of pyridine rings is 1. The number of ether oxygens (including phenoxy) is 2. The average Bonchev–Trinajstić information content (AvgIpc) is 3.00. The van der Waals surface area contributed by atoms with Crippen molar-refractivity contribution in [1.29, 1.82) is 0 Å². The maximum atomic E-state index is 13.1. The number of piperidine rings is 1. The standard InChI is InChI=1S/C22H27N3O4/c1-24(2)14-15-13-22(21(27)29-15)8-10-25(11-9-22)20(26)18-12-19(28-3)16-6-4-5-7-17(16)23-18/h4-7,12,15H,8-11,13-14H2,1-3H3. The van der Waals surface area contributed by atoms with Crippen LogP contribution < -0.4 is 4.74 Å². The number of carbonyl (C=O) groups excluding carboxylic acids is 2. The van der Waals surface area contributed by atoms with Gasteiger partial charge in [0.1, 0.15) is 17.5 Å². The number of para-hydroxylation sites is 1. The van der Waals surface area contributed by atoms with Crippen molar-refractivity contribution in [2.75, 3.05) is 40.8 Å². The molecule has 0 aliphatic carbocycles. The van der Waals surface area contributed by atoms with E-state index in [1.807, 2.05) is 43.3 Å². The van der Waals surface area contributed by atoms with E-state index >= 15 is 0 Å². The molecule has 1 spiro atoms. The summed E-state index contributed by atoms with van der Waals surface area (Å²) < 4.78 is 11.1. The van der Waals surface area contributed by atoms with Crippen molar-refractivity contribution in [2.24, 2.45) is 5.41 Å².